The quantitative estimate of drug-likeness (QED) is 0.273. The van der Waals surface area contributed by atoms with Crippen LogP contribution < -0.4 is 15.3 Å². The van der Waals surface area contributed by atoms with Crippen LogP contribution in [0.15, 0.2) is 61.1 Å². The fourth-order valence-electron chi connectivity index (χ4n) is 3.71. The highest BCUT2D eigenvalue weighted by molar-refractivity contribution is 7.52. The number of nitrogen functional groups attached to an aromatic ring is 1. The van der Waals surface area contributed by atoms with Gasteiger partial charge in [0.2, 0.25) is 0 Å². The lowest BCUT2D eigenvalue weighted by molar-refractivity contribution is -0.142. The minimum absolute atomic E-state index is 0.0189. The first-order chi connectivity index (χ1) is 15.9. The van der Waals surface area contributed by atoms with Crippen LogP contribution >= 0.6 is 7.75 Å². The second-order valence-electron chi connectivity index (χ2n) is 7.74. The number of carbonyl (C=O) groups excluding carboxylic acids is 1. The van der Waals surface area contributed by atoms with Crippen LogP contribution in [0.3, 0.4) is 0 Å². The van der Waals surface area contributed by atoms with Crippen molar-refractivity contribution in [3.63, 3.8) is 0 Å². The molecule has 4 rings (SSSR count). The van der Waals surface area contributed by atoms with E-state index in [0.717, 1.165) is 11.0 Å². The highest BCUT2D eigenvalue weighted by Crippen LogP contribution is 2.46. The summed E-state index contributed by atoms with van der Waals surface area (Å²) >= 11 is 0. The molecule has 3 aromatic rings. The zero-order valence-corrected chi connectivity index (χ0v) is 19.2. The second-order valence-corrected chi connectivity index (χ2v) is 9.43. The first-order valence-corrected chi connectivity index (χ1v) is 12.0. The summed E-state index contributed by atoms with van der Waals surface area (Å²) in [7, 11) is -2.61. The van der Waals surface area contributed by atoms with Crippen molar-refractivity contribution in [2.45, 2.75) is 25.4 Å². The Balaban J connectivity index is 1.44. The number of carbonyl (C=O) groups is 1. The highest BCUT2D eigenvalue weighted by atomic mass is 31.2. The van der Waals surface area contributed by atoms with Crippen molar-refractivity contribution in [2.75, 3.05) is 19.5 Å². The van der Waals surface area contributed by atoms with Crippen molar-refractivity contribution >= 4 is 30.6 Å². The third-order valence-corrected chi connectivity index (χ3v) is 7.02. The second kappa shape index (κ2) is 9.74. The standard InChI is InChI=1S/C22H26N5O5P/c1-15(22(28)30-2)26-33(29,32-18-6-4-3-5-7-18)31-13-16-8-9-17(12-16)27-11-10-19-20(23)24-14-25-21(19)27/h3-11,14-17H,12-13H2,1-2H3,(H,26,29)(H2,23,24,25)/t15-,16-,17+,33?/m0/s1. The Morgan fingerprint density at radius 3 is 2.82 bits per heavy atom. The van der Waals surface area contributed by atoms with E-state index in [-0.39, 0.29) is 18.6 Å². The van der Waals surface area contributed by atoms with Gasteiger partial charge in [-0.25, -0.2) is 14.5 Å². The van der Waals surface area contributed by atoms with Crippen LogP contribution in [0.25, 0.3) is 11.0 Å². The van der Waals surface area contributed by atoms with Gasteiger partial charge in [0, 0.05) is 12.1 Å². The van der Waals surface area contributed by atoms with Gasteiger partial charge in [0.15, 0.2) is 0 Å². The fourth-order valence-corrected chi connectivity index (χ4v) is 5.26. The molecule has 0 amide bonds. The normalized spacial score (nSPS) is 20.4. The number of ether oxygens (including phenoxy) is 1. The Kier molecular flexibility index (Phi) is 6.78. The van der Waals surface area contributed by atoms with E-state index in [0.29, 0.717) is 18.0 Å². The van der Waals surface area contributed by atoms with Crippen LogP contribution in [0.5, 0.6) is 5.75 Å². The van der Waals surface area contributed by atoms with Gasteiger partial charge in [-0.05, 0) is 31.5 Å². The van der Waals surface area contributed by atoms with Crippen LogP contribution in [0.4, 0.5) is 5.82 Å². The topological polar surface area (TPSA) is 131 Å². The van der Waals surface area contributed by atoms with Gasteiger partial charge in [-0.2, -0.15) is 5.09 Å². The van der Waals surface area contributed by atoms with Crippen LogP contribution in [0.1, 0.15) is 19.4 Å². The fraction of sp³-hybridized carbons (Fsp3) is 0.318. The largest absolute Gasteiger partial charge is 0.468 e. The molecule has 0 saturated heterocycles. The molecule has 0 fully saturated rings. The minimum Gasteiger partial charge on any atom is -0.468 e. The third kappa shape index (κ3) is 5.24. The molecule has 0 radical (unpaired) electrons. The lowest BCUT2D eigenvalue weighted by atomic mass is 10.1. The van der Waals surface area contributed by atoms with Crippen molar-refractivity contribution in [3.05, 3.63) is 61.1 Å². The van der Waals surface area contributed by atoms with E-state index in [1.807, 2.05) is 29.0 Å². The molecular weight excluding hydrogens is 445 g/mol. The third-order valence-electron chi connectivity index (χ3n) is 5.38. The number of rotatable bonds is 9. The number of aromatic nitrogens is 3. The van der Waals surface area contributed by atoms with Gasteiger partial charge in [-0.1, -0.05) is 30.4 Å². The molecular formula is C22H26N5O5P. The SMILES string of the molecule is COC(=O)[C@H](C)NP(=O)(OC[C@H]1C=C[C@@H](n2ccc3c(N)ncnc32)C1)Oc1ccccc1. The van der Waals surface area contributed by atoms with Crippen molar-refractivity contribution in [1.82, 2.24) is 19.6 Å². The molecule has 10 nitrogen and oxygen atoms in total. The van der Waals surface area contributed by atoms with Crippen molar-refractivity contribution < 1.29 is 23.1 Å². The Hall–Kier alpha value is -3.20. The number of esters is 1. The van der Waals surface area contributed by atoms with Crippen LogP contribution in [0, 0.1) is 5.92 Å². The first kappa shape index (κ1) is 23.0. The lowest BCUT2D eigenvalue weighted by Gasteiger charge is -2.23. The number of nitrogens with two attached hydrogens (primary N) is 1. The number of methoxy groups -OCH3 is 1. The maximum Gasteiger partial charge on any atom is 0.459 e. The number of fused-ring (bicyclic) bond motifs is 1. The van der Waals surface area contributed by atoms with Crippen LogP contribution in [-0.4, -0.2) is 40.3 Å². The molecule has 4 atom stereocenters. The van der Waals surface area contributed by atoms with Gasteiger partial charge < -0.3 is 19.6 Å². The van der Waals surface area contributed by atoms with Gasteiger partial charge in [-0.3, -0.25) is 9.32 Å². The van der Waals surface area contributed by atoms with E-state index < -0.39 is 19.8 Å². The van der Waals surface area contributed by atoms with Crippen molar-refractivity contribution in [1.29, 1.82) is 0 Å². The average Bonchev–Trinajstić information content (AvgIpc) is 3.45. The molecule has 2 aromatic heterocycles. The number of para-hydroxylation sites is 1. The summed E-state index contributed by atoms with van der Waals surface area (Å²) in [5.74, 6) is 0.207. The summed E-state index contributed by atoms with van der Waals surface area (Å²) in [6.45, 7) is 1.67. The molecule has 1 aliphatic carbocycles. The molecule has 11 heteroatoms. The molecule has 174 valence electrons. The van der Waals surface area contributed by atoms with Gasteiger partial charge in [0.05, 0.1) is 25.1 Å². The summed E-state index contributed by atoms with van der Waals surface area (Å²) in [6, 6.07) is 9.71. The molecule has 33 heavy (non-hydrogen) atoms. The van der Waals surface area contributed by atoms with Crippen LogP contribution in [-0.2, 0) is 18.6 Å². The maximum atomic E-state index is 13.5. The summed E-state index contributed by atoms with van der Waals surface area (Å²) in [5.41, 5.74) is 6.69. The molecule has 0 saturated carbocycles. The Morgan fingerprint density at radius 1 is 1.27 bits per heavy atom. The predicted molar refractivity (Wildman–Crippen MR) is 123 cm³/mol. The van der Waals surface area contributed by atoms with E-state index in [1.165, 1.54) is 20.4 Å². The molecule has 2 heterocycles. The summed E-state index contributed by atoms with van der Waals surface area (Å²) in [6.07, 6.45) is 8.15. The summed E-state index contributed by atoms with van der Waals surface area (Å²) < 4.78 is 31.6. The van der Waals surface area contributed by atoms with Gasteiger partial charge in [0.1, 0.15) is 29.6 Å². The number of hydrogen-bond acceptors (Lipinski definition) is 8. The molecule has 1 aromatic carbocycles. The average molecular weight is 471 g/mol. The molecule has 0 bridgehead atoms. The van der Waals surface area contributed by atoms with E-state index in [1.54, 1.807) is 24.3 Å². The molecule has 1 aliphatic rings. The lowest BCUT2D eigenvalue weighted by Crippen LogP contribution is -2.34. The smallest absolute Gasteiger partial charge is 0.459 e. The number of hydrogen-bond donors (Lipinski definition) is 2. The Morgan fingerprint density at radius 2 is 2.06 bits per heavy atom. The Labute approximate surface area is 191 Å². The molecule has 0 spiro atoms. The van der Waals surface area contributed by atoms with Crippen LogP contribution in [0.2, 0.25) is 0 Å². The number of anilines is 1. The van der Waals surface area contributed by atoms with Gasteiger partial charge in [0.25, 0.3) is 0 Å². The Bertz CT molecular complexity index is 1200. The van der Waals surface area contributed by atoms with Crippen molar-refractivity contribution in [2.24, 2.45) is 5.92 Å². The van der Waals surface area contributed by atoms with Gasteiger partial charge >= 0.3 is 13.7 Å². The number of benzene rings is 1. The minimum atomic E-state index is -3.87. The zero-order chi connectivity index (χ0) is 23.4. The van der Waals surface area contributed by atoms with E-state index in [4.69, 9.17) is 19.5 Å². The van der Waals surface area contributed by atoms with E-state index in [9.17, 15) is 9.36 Å². The van der Waals surface area contributed by atoms with E-state index >= 15 is 0 Å². The molecule has 0 aliphatic heterocycles. The number of nitrogens with one attached hydrogen (secondary N) is 1. The monoisotopic (exact) mass is 471 g/mol. The first-order valence-electron chi connectivity index (χ1n) is 10.5. The maximum absolute atomic E-state index is 13.5. The van der Waals surface area contributed by atoms with E-state index in [2.05, 4.69) is 21.1 Å². The molecule has 3 N–H and O–H groups in total. The molecule has 1 unspecified atom stereocenters. The number of allylic oxidation sites excluding steroid dienone is 1. The summed E-state index contributed by atoms with van der Waals surface area (Å²) in [5, 5.41) is 3.46. The van der Waals surface area contributed by atoms with Crippen molar-refractivity contribution in [3.8, 4) is 5.75 Å². The van der Waals surface area contributed by atoms with Gasteiger partial charge in [-0.15, -0.1) is 0 Å². The number of nitrogens with zero attached hydrogens (tertiary/aromatic N) is 3. The summed E-state index contributed by atoms with van der Waals surface area (Å²) in [4.78, 5) is 20.2. The zero-order valence-electron chi connectivity index (χ0n) is 18.3. The highest BCUT2D eigenvalue weighted by Gasteiger charge is 2.33. The predicted octanol–water partition coefficient (Wildman–Crippen LogP) is 3.49.